The van der Waals surface area contributed by atoms with Crippen LogP contribution in [-0.2, 0) is 16.0 Å². The first-order valence-corrected chi connectivity index (χ1v) is 11.2. The topological polar surface area (TPSA) is 57.2 Å². The van der Waals surface area contributed by atoms with Crippen molar-refractivity contribution in [3.05, 3.63) is 48.0 Å². The lowest BCUT2D eigenvalue weighted by molar-refractivity contribution is -0.142. The SMILES string of the molecule is CCNC(=NCCc1cccc2ccccc12)N1CCN(C(=O)C2CCCO2)CC1. The molecule has 0 saturated carbocycles. The molecule has 2 aromatic rings. The van der Waals surface area contributed by atoms with Crippen molar-refractivity contribution in [2.75, 3.05) is 45.9 Å². The molecule has 2 aliphatic rings. The number of rotatable bonds is 5. The van der Waals surface area contributed by atoms with Gasteiger partial charge in [-0.15, -0.1) is 0 Å². The van der Waals surface area contributed by atoms with Gasteiger partial charge in [-0.3, -0.25) is 9.79 Å². The standard InChI is InChI=1S/C24H32N4O2/c1-2-25-24(26-13-12-20-9-5-8-19-7-3-4-10-21(19)20)28-16-14-27(15-17-28)23(29)22-11-6-18-30-22/h3-5,7-10,22H,2,6,11-18H2,1H3,(H,25,26). The van der Waals surface area contributed by atoms with Crippen LogP contribution in [0.1, 0.15) is 25.3 Å². The second-order valence-corrected chi connectivity index (χ2v) is 7.94. The predicted molar refractivity (Wildman–Crippen MR) is 121 cm³/mol. The molecule has 0 radical (unpaired) electrons. The number of aliphatic imine (C=N–C) groups is 1. The van der Waals surface area contributed by atoms with Gasteiger partial charge in [-0.05, 0) is 42.5 Å². The molecule has 0 aliphatic carbocycles. The Morgan fingerprint density at radius 3 is 2.63 bits per heavy atom. The average Bonchev–Trinajstić information content (AvgIpc) is 3.33. The summed E-state index contributed by atoms with van der Waals surface area (Å²) in [7, 11) is 0. The Kier molecular flexibility index (Phi) is 6.84. The van der Waals surface area contributed by atoms with Crippen molar-refractivity contribution < 1.29 is 9.53 Å². The van der Waals surface area contributed by atoms with Crippen LogP contribution >= 0.6 is 0 Å². The highest BCUT2D eigenvalue weighted by atomic mass is 16.5. The number of nitrogens with one attached hydrogen (secondary N) is 1. The van der Waals surface area contributed by atoms with Gasteiger partial charge in [-0.2, -0.15) is 0 Å². The fourth-order valence-electron chi connectivity index (χ4n) is 4.33. The van der Waals surface area contributed by atoms with Gasteiger partial charge < -0.3 is 19.9 Å². The molecule has 1 unspecified atom stereocenters. The fraction of sp³-hybridized carbons (Fsp3) is 0.500. The van der Waals surface area contributed by atoms with Crippen molar-refractivity contribution in [1.29, 1.82) is 0 Å². The summed E-state index contributed by atoms with van der Waals surface area (Å²) < 4.78 is 5.57. The van der Waals surface area contributed by atoms with Crippen LogP contribution < -0.4 is 5.32 Å². The van der Waals surface area contributed by atoms with E-state index >= 15 is 0 Å². The maximum atomic E-state index is 12.6. The minimum Gasteiger partial charge on any atom is -0.368 e. The van der Waals surface area contributed by atoms with Crippen LogP contribution in [0.25, 0.3) is 10.8 Å². The van der Waals surface area contributed by atoms with Crippen molar-refractivity contribution in [2.45, 2.75) is 32.3 Å². The number of carbonyl (C=O) groups excluding carboxylic acids is 1. The van der Waals surface area contributed by atoms with E-state index in [2.05, 4.69) is 59.6 Å². The quantitative estimate of drug-likeness (QED) is 0.611. The zero-order chi connectivity index (χ0) is 20.8. The molecule has 4 rings (SSSR count). The third-order valence-electron chi connectivity index (χ3n) is 5.95. The molecular formula is C24H32N4O2. The number of guanidine groups is 1. The van der Waals surface area contributed by atoms with Crippen LogP contribution in [-0.4, -0.2) is 73.6 Å². The van der Waals surface area contributed by atoms with Gasteiger partial charge in [-0.1, -0.05) is 42.5 Å². The van der Waals surface area contributed by atoms with E-state index in [0.29, 0.717) is 6.61 Å². The van der Waals surface area contributed by atoms with E-state index < -0.39 is 0 Å². The second kappa shape index (κ2) is 9.94. The Labute approximate surface area is 178 Å². The molecule has 30 heavy (non-hydrogen) atoms. The van der Waals surface area contributed by atoms with Crippen molar-refractivity contribution in [3.8, 4) is 0 Å². The highest BCUT2D eigenvalue weighted by Crippen LogP contribution is 2.19. The van der Waals surface area contributed by atoms with Crippen molar-refractivity contribution in [1.82, 2.24) is 15.1 Å². The van der Waals surface area contributed by atoms with Gasteiger partial charge in [0, 0.05) is 45.9 Å². The maximum Gasteiger partial charge on any atom is 0.251 e. The number of piperazine rings is 1. The fourth-order valence-corrected chi connectivity index (χ4v) is 4.33. The van der Waals surface area contributed by atoms with Gasteiger partial charge in [0.25, 0.3) is 5.91 Å². The van der Waals surface area contributed by atoms with Crippen molar-refractivity contribution >= 4 is 22.6 Å². The number of benzene rings is 2. The van der Waals surface area contributed by atoms with E-state index in [1.807, 2.05) is 4.90 Å². The molecule has 0 bridgehead atoms. The van der Waals surface area contributed by atoms with Crippen molar-refractivity contribution in [3.63, 3.8) is 0 Å². The summed E-state index contributed by atoms with van der Waals surface area (Å²) in [5, 5.41) is 6.01. The molecule has 1 atom stereocenters. The lowest BCUT2D eigenvalue weighted by Crippen LogP contribution is -2.55. The summed E-state index contributed by atoms with van der Waals surface area (Å²) in [4.78, 5) is 21.7. The molecule has 2 heterocycles. The Bertz CT molecular complexity index is 878. The molecule has 1 amide bonds. The lowest BCUT2D eigenvalue weighted by Gasteiger charge is -2.37. The molecule has 2 aromatic carbocycles. The predicted octanol–water partition coefficient (Wildman–Crippen LogP) is 2.67. The van der Waals surface area contributed by atoms with Gasteiger partial charge in [0.15, 0.2) is 5.96 Å². The van der Waals surface area contributed by atoms with E-state index in [0.717, 1.165) is 64.5 Å². The first-order chi connectivity index (χ1) is 14.8. The van der Waals surface area contributed by atoms with Crippen LogP contribution in [0, 0.1) is 0 Å². The molecular weight excluding hydrogens is 376 g/mol. The minimum atomic E-state index is -0.223. The second-order valence-electron chi connectivity index (χ2n) is 7.94. The third kappa shape index (κ3) is 4.75. The van der Waals surface area contributed by atoms with Gasteiger partial charge in [0.1, 0.15) is 6.10 Å². The summed E-state index contributed by atoms with van der Waals surface area (Å²) in [6.07, 6.45) is 2.54. The highest BCUT2D eigenvalue weighted by molar-refractivity contribution is 5.86. The third-order valence-corrected chi connectivity index (χ3v) is 5.95. The van der Waals surface area contributed by atoms with Crippen LogP contribution in [0.4, 0.5) is 0 Å². The first-order valence-electron chi connectivity index (χ1n) is 11.2. The number of fused-ring (bicyclic) bond motifs is 1. The first kappa shape index (κ1) is 20.7. The number of carbonyl (C=O) groups is 1. The van der Waals surface area contributed by atoms with E-state index in [1.165, 1.54) is 16.3 Å². The zero-order valence-corrected chi connectivity index (χ0v) is 17.8. The van der Waals surface area contributed by atoms with Gasteiger partial charge in [-0.25, -0.2) is 0 Å². The lowest BCUT2D eigenvalue weighted by atomic mass is 10.0. The molecule has 2 aliphatic heterocycles. The van der Waals surface area contributed by atoms with E-state index in [1.54, 1.807) is 0 Å². The summed E-state index contributed by atoms with van der Waals surface area (Å²) in [5.74, 6) is 1.10. The number of nitrogens with zero attached hydrogens (tertiary/aromatic N) is 3. The molecule has 2 saturated heterocycles. The molecule has 1 N–H and O–H groups in total. The molecule has 0 spiro atoms. The highest BCUT2D eigenvalue weighted by Gasteiger charge is 2.30. The summed E-state index contributed by atoms with van der Waals surface area (Å²) in [5.41, 5.74) is 1.33. The normalized spacial score (nSPS) is 20.0. The molecule has 2 fully saturated rings. The van der Waals surface area contributed by atoms with Crippen LogP contribution in [0.3, 0.4) is 0 Å². The average molecular weight is 409 g/mol. The van der Waals surface area contributed by atoms with Crippen LogP contribution in [0.5, 0.6) is 0 Å². The Hall–Kier alpha value is -2.60. The molecule has 6 nitrogen and oxygen atoms in total. The smallest absolute Gasteiger partial charge is 0.251 e. The number of hydrogen-bond donors (Lipinski definition) is 1. The summed E-state index contributed by atoms with van der Waals surface area (Å²) in [6, 6.07) is 15.0. The van der Waals surface area contributed by atoms with E-state index in [9.17, 15) is 4.79 Å². The molecule has 6 heteroatoms. The monoisotopic (exact) mass is 408 g/mol. The number of ether oxygens (including phenoxy) is 1. The van der Waals surface area contributed by atoms with Crippen LogP contribution in [0.2, 0.25) is 0 Å². The van der Waals surface area contributed by atoms with Crippen molar-refractivity contribution in [2.24, 2.45) is 4.99 Å². The van der Waals surface area contributed by atoms with Crippen LogP contribution in [0.15, 0.2) is 47.5 Å². The Balaban J connectivity index is 1.35. The summed E-state index contributed by atoms with van der Waals surface area (Å²) in [6.45, 7) is 7.45. The number of hydrogen-bond acceptors (Lipinski definition) is 3. The largest absolute Gasteiger partial charge is 0.368 e. The Morgan fingerprint density at radius 1 is 1.10 bits per heavy atom. The number of amides is 1. The van der Waals surface area contributed by atoms with Gasteiger partial charge >= 0.3 is 0 Å². The van der Waals surface area contributed by atoms with E-state index in [4.69, 9.17) is 9.73 Å². The minimum absolute atomic E-state index is 0.157. The van der Waals surface area contributed by atoms with E-state index in [-0.39, 0.29) is 12.0 Å². The van der Waals surface area contributed by atoms with Gasteiger partial charge in [0.05, 0.1) is 0 Å². The molecule has 160 valence electrons. The summed E-state index contributed by atoms with van der Waals surface area (Å²) >= 11 is 0. The maximum absolute atomic E-state index is 12.6. The Morgan fingerprint density at radius 2 is 1.87 bits per heavy atom. The molecule has 0 aromatic heterocycles. The zero-order valence-electron chi connectivity index (χ0n) is 17.8. The van der Waals surface area contributed by atoms with Gasteiger partial charge in [0.2, 0.25) is 0 Å².